The molecule has 2 heterocycles. The second kappa shape index (κ2) is 6.95. The molecule has 0 bridgehead atoms. The average molecular weight is 397 g/mol. The van der Waals surface area contributed by atoms with E-state index >= 15 is 0 Å². The molecule has 4 nitrogen and oxygen atoms in total. The molecule has 5 rings (SSSR count). The van der Waals surface area contributed by atoms with E-state index in [1.165, 1.54) is 12.1 Å². The number of hydrogen-bond donors (Lipinski definition) is 1. The molecular formula is C25H20FN3O. The fourth-order valence-corrected chi connectivity index (χ4v) is 4.17. The summed E-state index contributed by atoms with van der Waals surface area (Å²) in [5.74, 6) is -0.495. The first kappa shape index (κ1) is 18.3. The van der Waals surface area contributed by atoms with Crippen molar-refractivity contribution in [2.45, 2.75) is 19.9 Å². The number of aryl methyl sites for hydroxylation is 2. The molecule has 0 spiro atoms. The lowest BCUT2D eigenvalue weighted by atomic mass is 9.97. The van der Waals surface area contributed by atoms with E-state index in [9.17, 15) is 9.18 Å². The fraction of sp³-hybridized carbons (Fsp3) is 0.120. The molecule has 1 aliphatic rings. The number of fused-ring (bicyclic) bond motifs is 1. The second-order valence-corrected chi connectivity index (χ2v) is 7.69. The van der Waals surface area contributed by atoms with E-state index in [4.69, 9.17) is 5.10 Å². The van der Waals surface area contributed by atoms with Crippen LogP contribution in [0.25, 0.3) is 16.9 Å². The average Bonchev–Trinajstić information content (AvgIpc) is 3.28. The minimum Gasteiger partial charge on any atom is -0.340 e. The predicted octanol–water partition coefficient (Wildman–Crippen LogP) is 5.13. The van der Waals surface area contributed by atoms with Crippen molar-refractivity contribution in [1.82, 2.24) is 15.1 Å². The number of aromatic nitrogens is 2. The molecule has 4 aromatic rings. The molecule has 1 atom stereocenters. The molecule has 148 valence electrons. The van der Waals surface area contributed by atoms with Crippen LogP contribution < -0.4 is 5.32 Å². The summed E-state index contributed by atoms with van der Waals surface area (Å²) in [6.07, 6.45) is 0. The summed E-state index contributed by atoms with van der Waals surface area (Å²) in [5.41, 5.74) is 6.89. The van der Waals surface area contributed by atoms with Gasteiger partial charge in [-0.2, -0.15) is 5.10 Å². The van der Waals surface area contributed by atoms with Gasteiger partial charge in [-0.1, -0.05) is 48.5 Å². The number of rotatable bonds is 3. The molecule has 3 aromatic carbocycles. The van der Waals surface area contributed by atoms with E-state index in [-0.39, 0.29) is 17.8 Å². The smallest absolute Gasteiger partial charge is 0.271 e. The van der Waals surface area contributed by atoms with Crippen LogP contribution in [0.3, 0.4) is 0 Å². The molecule has 1 aromatic heterocycles. The van der Waals surface area contributed by atoms with Crippen LogP contribution in [0.15, 0.2) is 72.8 Å². The van der Waals surface area contributed by atoms with Crippen LogP contribution in [0, 0.1) is 19.7 Å². The molecule has 0 saturated carbocycles. The Morgan fingerprint density at radius 1 is 0.933 bits per heavy atom. The third-order valence-electron chi connectivity index (χ3n) is 5.40. The van der Waals surface area contributed by atoms with Crippen LogP contribution in [-0.2, 0) is 0 Å². The standard InChI is InChI=1S/C25H20FN3O/c1-15-12-16(2)14-20(13-15)29-24-21(23(28-29)17-6-4-3-5-7-17)22(27-25(24)30)18-8-10-19(26)11-9-18/h3-14,22H,1-2H3,(H,27,30). The highest BCUT2D eigenvalue weighted by atomic mass is 19.1. The van der Waals surface area contributed by atoms with Crippen molar-refractivity contribution in [2.75, 3.05) is 0 Å². The number of carbonyl (C=O) groups excluding carboxylic acids is 1. The topological polar surface area (TPSA) is 46.9 Å². The summed E-state index contributed by atoms with van der Waals surface area (Å²) in [6, 6.07) is 21.8. The van der Waals surface area contributed by atoms with Crippen molar-refractivity contribution in [3.63, 3.8) is 0 Å². The Bertz CT molecular complexity index is 1240. The molecule has 1 N–H and O–H groups in total. The Morgan fingerprint density at radius 3 is 2.27 bits per heavy atom. The molecule has 1 aliphatic heterocycles. The quantitative estimate of drug-likeness (QED) is 0.521. The van der Waals surface area contributed by atoms with Crippen LogP contribution in [0.2, 0.25) is 0 Å². The van der Waals surface area contributed by atoms with E-state index in [1.54, 1.807) is 16.8 Å². The fourth-order valence-electron chi connectivity index (χ4n) is 4.17. The Balaban J connectivity index is 1.77. The Kier molecular flexibility index (Phi) is 4.24. The maximum atomic E-state index is 13.5. The first-order valence-corrected chi connectivity index (χ1v) is 9.84. The maximum absolute atomic E-state index is 13.5. The summed E-state index contributed by atoms with van der Waals surface area (Å²) in [5, 5.41) is 7.94. The number of hydrogen-bond acceptors (Lipinski definition) is 2. The molecule has 1 unspecified atom stereocenters. The normalized spacial score (nSPS) is 15.2. The van der Waals surface area contributed by atoms with Gasteiger partial charge in [0.05, 0.1) is 17.4 Å². The molecule has 1 amide bonds. The van der Waals surface area contributed by atoms with Gasteiger partial charge in [0, 0.05) is 11.1 Å². The summed E-state index contributed by atoms with van der Waals surface area (Å²) in [7, 11) is 0. The third kappa shape index (κ3) is 2.99. The highest BCUT2D eigenvalue weighted by Crippen LogP contribution is 2.39. The maximum Gasteiger partial charge on any atom is 0.271 e. The minimum atomic E-state index is -0.386. The first-order valence-electron chi connectivity index (χ1n) is 9.84. The largest absolute Gasteiger partial charge is 0.340 e. The van der Waals surface area contributed by atoms with E-state index in [0.717, 1.165) is 39.2 Å². The van der Waals surface area contributed by atoms with Gasteiger partial charge in [-0.3, -0.25) is 4.79 Å². The van der Waals surface area contributed by atoms with Crippen LogP contribution >= 0.6 is 0 Å². The lowest BCUT2D eigenvalue weighted by Crippen LogP contribution is -2.22. The monoisotopic (exact) mass is 397 g/mol. The van der Waals surface area contributed by atoms with Gasteiger partial charge in [-0.25, -0.2) is 9.07 Å². The summed E-state index contributed by atoms with van der Waals surface area (Å²) < 4.78 is 15.2. The number of amides is 1. The van der Waals surface area contributed by atoms with Crippen molar-refractivity contribution in [1.29, 1.82) is 0 Å². The Labute approximate surface area is 174 Å². The predicted molar refractivity (Wildman–Crippen MR) is 114 cm³/mol. The third-order valence-corrected chi connectivity index (χ3v) is 5.40. The van der Waals surface area contributed by atoms with Crippen molar-refractivity contribution in [3.8, 4) is 16.9 Å². The number of halogens is 1. The number of nitrogens with zero attached hydrogens (tertiary/aromatic N) is 2. The molecule has 5 heteroatoms. The highest BCUT2D eigenvalue weighted by molar-refractivity contribution is 6.01. The van der Waals surface area contributed by atoms with Crippen molar-refractivity contribution in [2.24, 2.45) is 0 Å². The van der Waals surface area contributed by atoms with Gasteiger partial charge in [0.15, 0.2) is 0 Å². The zero-order valence-corrected chi connectivity index (χ0v) is 16.7. The molecule has 0 radical (unpaired) electrons. The van der Waals surface area contributed by atoms with Crippen molar-refractivity contribution in [3.05, 3.63) is 107 Å². The van der Waals surface area contributed by atoms with E-state index < -0.39 is 0 Å². The molecule has 0 saturated heterocycles. The van der Waals surface area contributed by atoms with Gasteiger partial charge in [0.2, 0.25) is 0 Å². The summed E-state index contributed by atoms with van der Waals surface area (Å²) >= 11 is 0. The van der Waals surface area contributed by atoms with Gasteiger partial charge in [0.25, 0.3) is 5.91 Å². The summed E-state index contributed by atoms with van der Waals surface area (Å²) in [6.45, 7) is 4.06. The van der Waals surface area contributed by atoms with E-state index in [0.29, 0.717) is 5.69 Å². The second-order valence-electron chi connectivity index (χ2n) is 7.69. The lowest BCUT2D eigenvalue weighted by Gasteiger charge is -2.13. The zero-order valence-electron chi connectivity index (χ0n) is 16.7. The molecule has 0 fully saturated rings. The minimum absolute atomic E-state index is 0.187. The van der Waals surface area contributed by atoms with Gasteiger partial charge >= 0.3 is 0 Å². The number of nitrogens with one attached hydrogen (secondary N) is 1. The Morgan fingerprint density at radius 2 is 1.60 bits per heavy atom. The molecule has 30 heavy (non-hydrogen) atoms. The van der Waals surface area contributed by atoms with Crippen molar-refractivity contribution < 1.29 is 9.18 Å². The van der Waals surface area contributed by atoms with Gasteiger partial charge in [-0.15, -0.1) is 0 Å². The highest BCUT2D eigenvalue weighted by Gasteiger charge is 2.38. The number of benzene rings is 3. The first-order chi connectivity index (χ1) is 14.5. The summed E-state index contributed by atoms with van der Waals surface area (Å²) in [4.78, 5) is 13.1. The van der Waals surface area contributed by atoms with Crippen LogP contribution in [0.1, 0.15) is 38.8 Å². The van der Waals surface area contributed by atoms with Crippen LogP contribution in [0.4, 0.5) is 4.39 Å². The van der Waals surface area contributed by atoms with Gasteiger partial charge in [-0.05, 0) is 54.8 Å². The SMILES string of the molecule is Cc1cc(C)cc(-n2nc(-c3ccccc3)c3c2C(=O)NC3c2ccc(F)cc2)c1. The van der Waals surface area contributed by atoms with Crippen LogP contribution in [-0.4, -0.2) is 15.7 Å². The Hall–Kier alpha value is -3.73. The van der Waals surface area contributed by atoms with Gasteiger partial charge < -0.3 is 5.32 Å². The molecule has 0 aliphatic carbocycles. The number of carbonyl (C=O) groups is 1. The van der Waals surface area contributed by atoms with Crippen LogP contribution in [0.5, 0.6) is 0 Å². The van der Waals surface area contributed by atoms with Crippen molar-refractivity contribution >= 4 is 5.91 Å². The van der Waals surface area contributed by atoms with E-state index in [2.05, 4.69) is 11.4 Å². The zero-order chi connectivity index (χ0) is 20.8. The molecular weight excluding hydrogens is 377 g/mol. The van der Waals surface area contributed by atoms with E-state index in [1.807, 2.05) is 56.3 Å². The lowest BCUT2D eigenvalue weighted by molar-refractivity contribution is 0.0953. The van der Waals surface area contributed by atoms with Gasteiger partial charge in [0.1, 0.15) is 11.5 Å².